The van der Waals surface area contributed by atoms with Crippen molar-refractivity contribution in [1.29, 1.82) is 0 Å². The van der Waals surface area contributed by atoms with E-state index in [1.54, 1.807) is 11.0 Å². The summed E-state index contributed by atoms with van der Waals surface area (Å²) in [5.74, 6) is -0.242. The molecule has 2 aromatic carbocycles. The normalized spacial score (nSPS) is 16.8. The number of benzene rings is 2. The summed E-state index contributed by atoms with van der Waals surface area (Å²) in [5.41, 5.74) is 1.87. The average molecular weight is 390 g/mol. The summed E-state index contributed by atoms with van der Waals surface area (Å²) in [4.78, 5) is 25.3. The van der Waals surface area contributed by atoms with Gasteiger partial charge in [-0.2, -0.15) is 0 Å². The van der Waals surface area contributed by atoms with Gasteiger partial charge in [-0.15, -0.1) is 0 Å². The van der Waals surface area contributed by atoms with Gasteiger partial charge in [0.05, 0.1) is 20.8 Å². The van der Waals surface area contributed by atoms with E-state index in [2.05, 4.69) is 28.2 Å². The van der Waals surface area contributed by atoms with E-state index in [9.17, 15) is 14.9 Å². The van der Waals surface area contributed by atoms with Gasteiger partial charge in [0.1, 0.15) is 0 Å². The van der Waals surface area contributed by atoms with Crippen LogP contribution in [-0.4, -0.2) is 23.4 Å². The average Bonchev–Trinajstić information content (AvgIpc) is 2.72. The molecule has 1 amide bonds. The zero-order valence-electron chi connectivity index (χ0n) is 13.0. The number of nitrogens with zero attached hydrogens (tertiary/aromatic N) is 2. The van der Waals surface area contributed by atoms with Crippen LogP contribution in [0.3, 0.4) is 0 Å². The summed E-state index contributed by atoms with van der Waals surface area (Å²) in [6.07, 6.45) is 0.791. The lowest BCUT2D eigenvalue weighted by atomic mass is 10.1. The fourth-order valence-corrected chi connectivity index (χ4v) is 3.16. The van der Waals surface area contributed by atoms with Crippen LogP contribution in [0.4, 0.5) is 17.1 Å². The molecule has 3 rings (SSSR count). The highest BCUT2D eigenvalue weighted by atomic mass is 79.9. The van der Waals surface area contributed by atoms with E-state index < -0.39 is 4.92 Å². The quantitative estimate of drug-likeness (QED) is 0.616. The molecule has 1 heterocycles. The molecule has 1 aliphatic rings. The second-order valence-electron chi connectivity index (χ2n) is 5.73. The second-order valence-corrected chi connectivity index (χ2v) is 6.59. The van der Waals surface area contributed by atoms with Gasteiger partial charge in [0.2, 0.25) is 0 Å². The molecular weight excluding hydrogens is 374 g/mol. The summed E-state index contributed by atoms with van der Waals surface area (Å²) in [5, 5.41) is 14.5. The highest BCUT2D eigenvalue weighted by molar-refractivity contribution is 9.10. The van der Waals surface area contributed by atoms with Gasteiger partial charge >= 0.3 is 0 Å². The number of carbonyl (C=O) groups is 1. The Balaban J connectivity index is 2.01. The second kappa shape index (κ2) is 6.60. The molecule has 0 saturated heterocycles. The van der Waals surface area contributed by atoms with Gasteiger partial charge in [0.15, 0.2) is 0 Å². The number of amides is 1. The van der Waals surface area contributed by atoms with Crippen molar-refractivity contribution in [2.24, 2.45) is 0 Å². The number of carbonyl (C=O) groups excluding carboxylic acids is 1. The summed E-state index contributed by atoms with van der Waals surface area (Å²) in [7, 11) is 0. The van der Waals surface area contributed by atoms with E-state index in [4.69, 9.17) is 0 Å². The third-order valence-electron chi connectivity index (χ3n) is 4.02. The maximum absolute atomic E-state index is 13.0. The molecule has 6 nitrogen and oxygen atoms in total. The molecule has 0 saturated carbocycles. The van der Waals surface area contributed by atoms with Gasteiger partial charge in [0.25, 0.3) is 11.6 Å². The van der Waals surface area contributed by atoms with Crippen molar-refractivity contribution in [2.45, 2.75) is 19.4 Å². The summed E-state index contributed by atoms with van der Waals surface area (Å²) < 4.78 is 0.357. The first-order valence-corrected chi connectivity index (χ1v) is 8.38. The molecule has 0 spiro atoms. The predicted octanol–water partition coefficient (Wildman–Crippen LogP) is 4.21. The van der Waals surface area contributed by atoms with Gasteiger partial charge in [-0.1, -0.05) is 12.1 Å². The van der Waals surface area contributed by atoms with Crippen LogP contribution >= 0.6 is 15.9 Å². The van der Waals surface area contributed by atoms with Crippen molar-refractivity contribution in [1.82, 2.24) is 0 Å². The zero-order chi connectivity index (χ0) is 17.3. The fourth-order valence-electron chi connectivity index (χ4n) is 2.76. The largest absolute Gasteiger partial charge is 0.381 e. The Morgan fingerprint density at radius 2 is 2.08 bits per heavy atom. The van der Waals surface area contributed by atoms with E-state index in [1.165, 1.54) is 12.1 Å². The number of anilines is 2. The highest BCUT2D eigenvalue weighted by Crippen LogP contribution is 2.32. The Labute approximate surface area is 147 Å². The van der Waals surface area contributed by atoms with E-state index in [0.29, 0.717) is 16.6 Å². The van der Waals surface area contributed by atoms with Crippen molar-refractivity contribution in [3.63, 3.8) is 0 Å². The minimum absolute atomic E-state index is 0.115. The molecule has 0 aliphatic carbocycles. The molecule has 0 radical (unpaired) electrons. The van der Waals surface area contributed by atoms with Crippen molar-refractivity contribution < 1.29 is 9.72 Å². The van der Waals surface area contributed by atoms with Gasteiger partial charge in [-0.25, -0.2) is 0 Å². The van der Waals surface area contributed by atoms with Crippen molar-refractivity contribution in [3.05, 3.63) is 62.6 Å². The van der Waals surface area contributed by atoms with Crippen LogP contribution in [0, 0.1) is 10.1 Å². The first-order valence-electron chi connectivity index (χ1n) is 7.58. The lowest BCUT2D eigenvalue weighted by molar-refractivity contribution is -0.385. The molecule has 7 heteroatoms. The highest BCUT2D eigenvalue weighted by Gasteiger charge is 2.25. The first kappa shape index (κ1) is 16.4. The third-order valence-corrected chi connectivity index (χ3v) is 4.69. The molecule has 0 unspecified atom stereocenters. The monoisotopic (exact) mass is 389 g/mol. The summed E-state index contributed by atoms with van der Waals surface area (Å²) in [6.45, 7) is 2.61. The molecule has 24 heavy (non-hydrogen) atoms. The molecule has 1 atom stereocenters. The number of hydrogen-bond donors (Lipinski definition) is 1. The van der Waals surface area contributed by atoms with Crippen molar-refractivity contribution in [2.75, 3.05) is 16.8 Å². The van der Waals surface area contributed by atoms with Gasteiger partial charge in [0, 0.05) is 24.2 Å². The van der Waals surface area contributed by atoms with E-state index in [-0.39, 0.29) is 17.6 Å². The number of halogens is 1. The Kier molecular flexibility index (Phi) is 4.53. The number of rotatable bonds is 2. The van der Waals surface area contributed by atoms with E-state index in [1.807, 2.05) is 24.3 Å². The molecule has 0 fully saturated rings. The Morgan fingerprint density at radius 1 is 1.33 bits per heavy atom. The lowest BCUT2D eigenvalue weighted by Gasteiger charge is -2.22. The Morgan fingerprint density at radius 3 is 2.83 bits per heavy atom. The minimum Gasteiger partial charge on any atom is -0.381 e. The predicted molar refractivity (Wildman–Crippen MR) is 96.6 cm³/mol. The number of nitro benzene ring substituents is 1. The lowest BCUT2D eigenvalue weighted by Crippen LogP contribution is -2.32. The SMILES string of the molecule is C[C@@H]1CCN(C(=O)c2ccc(Br)c([N+](=O)[O-])c2)c2ccccc2N1. The molecule has 124 valence electrons. The molecule has 1 aliphatic heterocycles. The van der Waals surface area contributed by atoms with Crippen LogP contribution in [0.25, 0.3) is 0 Å². The number of hydrogen-bond acceptors (Lipinski definition) is 4. The number of fused-ring (bicyclic) bond motifs is 1. The maximum atomic E-state index is 13.0. The maximum Gasteiger partial charge on any atom is 0.284 e. The molecule has 0 bridgehead atoms. The summed E-state index contributed by atoms with van der Waals surface area (Å²) >= 11 is 3.15. The van der Waals surface area contributed by atoms with Gasteiger partial charge < -0.3 is 10.2 Å². The van der Waals surface area contributed by atoms with Gasteiger partial charge in [-0.3, -0.25) is 14.9 Å². The van der Waals surface area contributed by atoms with Crippen molar-refractivity contribution >= 4 is 38.9 Å². The van der Waals surface area contributed by atoms with Crippen LogP contribution < -0.4 is 10.2 Å². The number of nitrogens with one attached hydrogen (secondary N) is 1. The third kappa shape index (κ3) is 3.12. The summed E-state index contributed by atoms with van der Waals surface area (Å²) in [6, 6.07) is 12.3. The first-order chi connectivity index (χ1) is 11.5. The zero-order valence-corrected chi connectivity index (χ0v) is 14.6. The molecule has 2 aromatic rings. The van der Waals surface area contributed by atoms with Gasteiger partial charge in [-0.05, 0) is 53.5 Å². The van der Waals surface area contributed by atoms with Crippen LogP contribution in [0.5, 0.6) is 0 Å². The van der Waals surface area contributed by atoms with Crippen LogP contribution in [0.1, 0.15) is 23.7 Å². The molecular formula is C17H16BrN3O3. The smallest absolute Gasteiger partial charge is 0.284 e. The Hall–Kier alpha value is -2.41. The van der Waals surface area contributed by atoms with E-state index in [0.717, 1.165) is 17.8 Å². The minimum atomic E-state index is -0.499. The topological polar surface area (TPSA) is 75.5 Å². The molecule has 0 aromatic heterocycles. The number of para-hydroxylation sites is 2. The van der Waals surface area contributed by atoms with Crippen LogP contribution in [0.2, 0.25) is 0 Å². The Bertz CT molecular complexity index is 809. The fraction of sp³-hybridized carbons (Fsp3) is 0.235. The number of nitro groups is 1. The van der Waals surface area contributed by atoms with Crippen LogP contribution in [-0.2, 0) is 0 Å². The van der Waals surface area contributed by atoms with Crippen molar-refractivity contribution in [3.8, 4) is 0 Å². The van der Waals surface area contributed by atoms with E-state index >= 15 is 0 Å². The standard InChI is InChI=1S/C17H16BrN3O3/c1-11-8-9-20(15-5-3-2-4-14(15)19-11)17(22)12-6-7-13(18)16(10-12)21(23)24/h2-7,10-11,19H,8-9H2,1H3/t11-/m1/s1. The molecule has 1 N–H and O–H groups in total. The van der Waals surface area contributed by atoms with Crippen LogP contribution in [0.15, 0.2) is 46.9 Å².